The number of halogens is 4. The van der Waals surface area contributed by atoms with Crippen LogP contribution in [0, 0.1) is 6.92 Å². The summed E-state index contributed by atoms with van der Waals surface area (Å²) in [7, 11) is 0. The van der Waals surface area contributed by atoms with Crippen LogP contribution in [0.4, 0.5) is 13.2 Å². The van der Waals surface area contributed by atoms with E-state index < -0.39 is 17.7 Å². The van der Waals surface area contributed by atoms with Crippen LogP contribution >= 0.6 is 11.6 Å². The Morgan fingerprint density at radius 2 is 1.39 bits per heavy atom. The summed E-state index contributed by atoms with van der Waals surface area (Å²) in [6.45, 7) is 2.15. The number of ether oxygens (including phenoxy) is 1. The summed E-state index contributed by atoms with van der Waals surface area (Å²) in [5, 5.41) is 9.26. The third kappa shape index (κ3) is 6.26. The molecule has 0 aliphatic carbocycles. The largest absolute Gasteiger partial charge is 0.487 e. The van der Waals surface area contributed by atoms with Crippen LogP contribution in [0.1, 0.15) is 22.3 Å². The lowest BCUT2D eigenvalue weighted by Gasteiger charge is -2.14. The van der Waals surface area contributed by atoms with E-state index in [1.807, 2.05) is 49.4 Å². The molecule has 0 unspecified atom stereocenters. The first kappa shape index (κ1) is 25.3. The first-order chi connectivity index (χ1) is 17.1. The van der Waals surface area contributed by atoms with Gasteiger partial charge in [0.15, 0.2) is 0 Å². The Kier molecular flexibility index (Phi) is 7.36. The van der Waals surface area contributed by atoms with E-state index in [0.717, 1.165) is 39.9 Å². The van der Waals surface area contributed by atoms with Crippen molar-refractivity contribution in [1.82, 2.24) is 0 Å². The summed E-state index contributed by atoms with van der Waals surface area (Å²) < 4.78 is 45.0. The quantitative estimate of drug-likeness (QED) is 0.272. The molecule has 0 radical (unpaired) electrons. The number of alkyl halides is 3. The number of rotatable bonds is 7. The van der Waals surface area contributed by atoms with Crippen molar-refractivity contribution in [3.8, 4) is 28.0 Å². The molecule has 184 valence electrons. The second-order valence-electron chi connectivity index (χ2n) is 8.48. The maximum atomic E-state index is 13.0. The summed E-state index contributed by atoms with van der Waals surface area (Å²) >= 11 is 6.29. The van der Waals surface area contributed by atoms with Crippen LogP contribution in [0.2, 0.25) is 5.02 Å². The third-order valence-electron chi connectivity index (χ3n) is 5.67. The Balaban J connectivity index is 1.66. The van der Waals surface area contributed by atoms with Gasteiger partial charge in [-0.25, -0.2) is 0 Å². The molecule has 0 fully saturated rings. The lowest BCUT2D eigenvalue weighted by molar-refractivity contribution is -0.138. The Morgan fingerprint density at radius 3 is 1.92 bits per heavy atom. The molecular weight excluding hydrogens is 489 g/mol. The predicted molar refractivity (Wildman–Crippen MR) is 134 cm³/mol. The number of aryl methyl sites for hydroxylation is 1. The second-order valence-corrected chi connectivity index (χ2v) is 8.89. The molecule has 1 N–H and O–H groups in total. The Morgan fingerprint density at radius 1 is 0.806 bits per heavy atom. The molecule has 0 aliphatic heterocycles. The standard InChI is InChI=1S/C29H22ClF3O3/c1-18-2-5-21(6-3-18)23-12-20(17-36-27-11-4-19(14-26(27)30)15-28(34)35)13-24(16-23)22-7-9-25(10-8-22)29(31,32)33/h2-14,16H,15,17H2,1H3,(H,34,35). The Labute approximate surface area is 211 Å². The summed E-state index contributed by atoms with van der Waals surface area (Å²) in [6.07, 6.45) is -4.55. The summed E-state index contributed by atoms with van der Waals surface area (Å²) in [5.74, 6) is -0.550. The Bertz CT molecular complexity index is 1380. The van der Waals surface area contributed by atoms with Crippen molar-refractivity contribution in [2.45, 2.75) is 26.1 Å². The van der Waals surface area contributed by atoms with Crippen molar-refractivity contribution in [3.63, 3.8) is 0 Å². The zero-order valence-corrected chi connectivity index (χ0v) is 20.0. The minimum atomic E-state index is -4.40. The van der Waals surface area contributed by atoms with Gasteiger partial charge in [-0.1, -0.05) is 59.6 Å². The highest BCUT2D eigenvalue weighted by molar-refractivity contribution is 6.32. The molecule has 0 aliphatic rings. The maximum absolute atomic E-state index is 13.0. The third-order valence-corrected chi connectivity index (χ3v) is 5.96. The van der Waals surface area contributed by atoms with E-state index in [-0.39, 0.29) is 13.0 Å². The van der Waals surface area contributed by atoms with Crippen molar-refractivity contribution in [2.24, 2.45) is 0 Å². The predicted octanol–water partition coefficient (Wildman–Crippen LogP) is 8.21. The van der Waals surface area contributed by atoms with E-state index >= 15 is 0 Å². The summed E-state index contributed by atoms with van der Waals surface area (Å²) in [5.41, 5.74) is 5.03. The van der Waals surface area contributed by atoms with Gasteiger partial charge in [0.2, 0.25) is 0 Å². The molecule has 36 heavy (non-hydrogen) atoms. The van der Waals surface area contributed by atoms with Gasteiger partial charge >= 0.3 is 12.1 Å². The SMILES string of the molecule is Cc1ccc(-c2cc(COc3ccc(CC(=O)O)cc3Cl)cc(-c3ccc(C(F)(F)F)cc3)c2)cc1. The van der Waals surface area contributed by atoms with E-state index in [0.29, 0.717) is 21.9 Å². The minimum Gasteiger partial charge on any atom is -0.487 e. The van der Waals surface area contributed by atoms with Crippen molar-refractivity contribution in [3.05, 3.63) is 112 Å². The van der Waals surface area contributed by atoms with Gasteiger partial charge in [0.05, 0.1) is 17.0 Å². The fraction of sp³-hybridized carbons (Fsp3) is 0.138. The van der Waals surface area contributed by atoms with E-state index in [1.54, 1.807) is 18.2 Å². The number of benzene rings is 4. The smallest absolute Gasteiger partial charge is 0.416 e. The molecule has 4 aromatic carbocycles. The zero-order valence-electron chi connectivity index (χ0n) is 19.3. The molecule has 4 aromatic rings. The number of aliphatic carboxylic acids is 1. The van der Waals surface area contributed by atoms with Gasteiger partial charge in [-0.3, -0.25) is 4.79 Å². The summed E-state index contributed by atoms with van der Waals surface area (Å²) in [4.78, 5) is 10.9. The van der Waals surface area contributed by atoms with Gasteiger partial charge in [0.1, 0.15) is 12.4 Å². The monoisotopic (exact) mass is 510 g/mol. The van der Waals surface area contributed by atoms with Crippen LogP contribution in [-0.4, -0.2) is 11.1 Å². The molecule has 0 amide bonds. The number of carboxylic acid groups (broad SMARTS) is 1. The lowest BCUT2D eigenvalue weighted by Crippen LogP contribution is -2.04. The molecule has 0 bridgehead atoms. The topological polar surface area (TPSA) is 46.5 Å². The van der Waals surface area contributed by atoms with Gasteiger partial charge in [-0.05, 0) is 82.8 Å². The highest BCUT2D eigenvalue weighted by Crippen LogP contribution is 2.34. The van der Waals surface area contributed by atoms with Crippen molar-refractivity contribution >= 4 is 17.6 Å². The first-order valence-electron chi connectivity index (χ1n) is 11.1. The Hall–Kier alpha value is -3.77. The number of carbonyl (C=O) groups is 1. The van der Waals surface area contributed by atoms with Crippen LogP contribution in [0.25, 0.3) is 22.3 Å². The summed E-state index contributed by atoms with van der Waals surface area (Å²) in [6, 6.07) is 23.6. The highest BCUT2D eigenvalue weighted by Gasteiger charge is 2.30. The first-order valence-corrected chi connectivity index (χ1v) is 11.5. The van der Waals surface area contributed by atoms with Crippen molar-refractivity contribution in [2.75, 3.05) is 0 Å². The zero-order chi connectivity index (χ0) is 25.9. The van der Waals surface area contributed by atoms with Gasteiger partial charge in [0.25, 0.3) is 0 Å². The van der Waals surface area contributed by atoms with Crippen LogP contribution in [0.15, 0.2) is 84.9 Å². The molecule has 3 nitrogen and oxygen atoms in total. The second kappa shape index (κ2) is 10.5. The number of hydrogen-bond donors (Lipinski definition) is 1. The molecule has 0 atom stereocenters. The van der Waals surface area contributed by atoms with Crippen LogP contribution in [0.3, 0.4) is 0 Å². The molecule has 0 spiro atoms. The van der Waals surface area contributed by atoms with Crippen LogP contribution in [-0.2, 0) is 24.0 Å². The molecule has 0 aromatic heterocycles. The van der Waals surface area contributed by atoms with Crippen LogP contribution in [0.5, 0.6) is 5.75 Å². The van der Waals surface area contributed by atoms with Crippen LogP contribution < -0.4 is 4.74 Å². The average molecular weight is 511 g/mol. The van der Waals surface area contributed by atoms with Gasteiger partial charge in [-0.15, -0.1) is 0 Å². The molecule has 4 rings (SSSR count). The fourth-order valence-corrected chi connectivity index (χ4v) is 4.07. The molecule has 0 heterocycles. The van der Waals surface area contributed by atoms with E-state index in [1.165, 1.54) is 12.1 Å². The number of hydrogen-bond acceptors (Lipinski definition) is 2. The minimum absolute atomic E-state index is 0.144. The van der Waals surface area contributed by atoms with Gasteiger partial charge < -0.3 is 9.84 Å². The molecule has 7 heteroatoms. The number of carboxylic acids is 1. The molecule has 0 saturated carbocycles. The van der Waals surface area contributed by atoms with Crippen molar-refractivity contribution < 1.29 is 27.8 Å². The van der Waals surface area contributed by atoms with Gasteiger partial charge in [0, 0.05) is 0 Å². The molecule has 0 saturated heterocycles. The average Bonchev–Trinajstić information content (AvgIpc) is 2.83. The fourth-order valence-electron chi connectivity index (χ4n) is 3.81. The van der Waals surface area contributed by atoms with E-state index in [2.05, 4.69) is 0 Å². The van der Waals surface area contributed by atoms with E-state index in [4.69, 9.17) is 21.4 Å². The van der Waals surface area contributed by atoms with Crippen molar-refractivity contribution in [1.29, 1.82) is 0 Å². The highest BCUT2D eigenvalue weighted by atomic mass is 35.5. The van der Waals surface area contributed by atoms with E-state index in [9.17, 15) is 18.0 Å². The van der Waals surface area contributed by atoms with Gasteiger partial charge in [-0.2, -0.15) is 13.2 Å². The molecular formula is C29H22ClF3O3. The lowest BCUT2D eigenvalue weighted by atomic mass is 9.95. The maximum Gasteiger partial charge on any atom is 0.416 e. The normalized spacial score (nSPS) is 11.4.